The maximum absolute atomic E-state index is 18.0. The first-order valence-corrected chi connectivity index (χ1v) is 23.8. The second-order valence-electron chi connectivity index (χ2n) is 18.6. The van der Waals surface area contributed by atoms with Gasteiger partial charge >= 0.3 is 0 Å². The molecule has 70 heavy (non-hydrogen) atoms. The number of anilines is 4. The van der Waals surface area contributed by atoms with E-state index in [4.69, 9.17) is 4.98 Å². The second kappa shape index (κ2) is 17.2. The molecule has 0 saturated carbocycles. The van der Waals surface area contributed by atoms with Crippen LogP contribution in [0.5, 0.6) is 0 Å². The maximum Gasteiger partial charge on any atom is 0.298 e. The monoisotopic (exact) mass is 910 g/mol. The first-order valence-electron chi connectivity index (χ1n) is 23.8. The molecule has 6 heteroatoms. The summed E-state index contributed by atoms with van der Waals surface area (Å²) in [6.45, 7) is 4.80. The molecule has 0 atom stereocenters. The number of halogens is 2. The molecule has 4 nitrogen and oxygen atoms in total. The molecule has 1 aliphatic rings. The van der Waals surface area contributed by atoms with E-state index in [1.165, 1.54) is 5.56 Å². The van der Waals surface area contributed by atoms with Crippen LogP contribution in [-0.2, 0) is 11.3 Å². The van der Waals surface area contributed by atoms with E-state index in [0.29, 0.717) is 29.3 Å². The van der Waals surface area contributed by atoms with Gasteiger partial charge in [-0.05, 0) is 88.0 Å². The van der Waals surface area contributed by atoms with Gasteiger partial charge in [-0.25, -0.2) is 4.98 Å². The molecule has 0 aliphatic carbocycles. The Balaban J connectivity index is 1.00. The summed E-state index contributed by atoms with van der Waals surface area (Å²) in [5.74, 6) is -2.73. The second-order valence-corrected chi connectivity index (χ2v) is 18.6. The van der Waals surface area contributed by atoms with Gasteiger partial charge in [0.15, 0.2) is 0 Å². The van der Waals surface area contributed by atoms with Crippen LogP contribution in [-0.4, -0.2) is 16.2 Å². The number of hydrogen-bond acceptors (Lipinski definition) is 3. The zero-order valence-electron chi connectivity index (χ0n) is 38.8. The fourth-order valence-electron chi connectivity index (χ4n) is 10.4. The van der Waals surface area contributed by atoms with E-state index >= 15 is 8.78 Å². The fraction of sp³-hybridized carbons (Fsp3) is 0.0781. The van der Waals surface area contributed by atoms with Gasteiger partial charge in [0.2, 0.25) is 0 Å². The smallest absolute Gasteiger partial charge is 0.298 e. The highest BCUT2D eigenvalue weighted by Crippen LogP contribution is 2.51. The van der Waals surface area contributed by atoms with E-state index in [1.807, 2.05) is 108 Å². The van der Waals surface area contributed by atoms with Crippen molar-refractivity contribution in [3.8, 4) is 39.2 Å². The molecule has 0 bridgehead atoms. The van der Waals surface area contributed by atoms with Crippen molar-refractivity contribution < 1.29 is 8.78 Å². The Morgan fingerprint density at radius 1 is 0.414 bits per heavy atom. The Kier molecular flexibility index (Phi) is 10.5. The summed E-state index contributed by atoms with van der Waals surface area (Å²) in [5, 5.41) is 1.85. The highest BCUT2D eigenvalue weighted by molar-refractivity contribution is 6.09. The summed E-state index contributed by atoms with van der Waals surface area (Å²) in [5.41, 5.74) is 12.8. The van der Waals surface area contributed by atoms with E-state index < -0.39 is 5.92 Å². The molecular formula is C64H48F2N4. The quantitative estimate of drug-likeness (QED) is 0.137. The lowest BCUT2D eigenvalue weighted by atomic mass is 9.78. The Labute approximate surface area is 407 Å². The standard InChI is InChI=1S/C64H48F2N4/c1-63(2,48-26-13-6-14-27-48)49-36-37-67-61(42-49)70-57-31-16-15-28-55(57)56-35-34-50(41-60(56)70)64(65,66)51-38-47(44-20-7-3-8-21-44)39-52(40-51)68-43-69(59-33-18-17-32-58(59)68)62-53(45-22-9-4-10-23-45)29-19-30-54(62)46-24-11-5-12-25-46/h3-42H,43H2,1-2H3. The summed E-state index contributed by atoms with van der Waals surface area (Å²) in [7, 11) is 0. The first-order chi connectivity index (χ1) is 34.2. The van der Waals surface area contributed by atoms with E-state index in [-0.39, 0.29) is 16.5 Å². The van der Waals surface area contributed by atoms with Crippen LogP contribution in [0.25, 0.3) is 61.0 Å². The minimum Gasteiger partial charge on any atom is -0.321 e. The van der Waals surface area contributed by atoms with Crippen LogP contribution in [0.15, 0.2) is 243 Å². The van der Waals surface area contributed by atoms with Crippen LogP contribution in [0.1, 0.15) is 36.1 Å². The maximum atomic E-state index is 18.0. The molecule has 11 aromatic rings. The van der Waals surface area contributed by atoms with E-state index in [0.717, 1.165) is 66.7 Å². The molecule has 1 aliphatic heterocycles. The van der Waals surface area contributed by atoms with Crippen molar-refractivity contribution in [3.05, 3.63) is 265 Å². The van der Waals surface area contributed by atoms with Gasteiger partial charge in [0.05, 0.1) is 28.1 Å². The minimum atomic E-state index is -3.40. The molecule has 9 aromatic carbocycles. The van der Waals surface area contributed by atoms with Gasteiger partial charge < -0.3 is 9.80 Å². The van der Waals surface area contributed by atoms with Crippen LogP contribution in [0.2, 0.25) is 0 Å². The molecule has 3 heterocycles. The number of hydrogen-bond donors (Lipinski definition) is 0. The van der Waals surface area contributed by atoms with Crippen LogP contribution in [0.4, 0.5) is 31.5 Å². The van der Waals surface area contributed by atoms with Gasteiger partial charge in [0, 0.05) is 50.3 Å². The number of pyridine rings is 1. The number of para-hydroxylation sites is 4. The summed E-state index contributed by atoms with van der Waals surface area (Å²) in [6.07, 6.45) is 1.82. The van der Waals surface area contributed by atoms with Crippen LogP contribution in [0, 0.1) is 0 Å². The largest absolute Gasteiger partial charge is 0.321 e. The Hall–Kier alpha value is -8.61. The predicted molar refractivity (Wildman–Crippen MR) is 285 cm³/mol. The van der Waals surface area contributed by atoms with Gasteiger partial charge in [-0.2, -0.15) is 8.78 Å². The van der Waals surface area contributed by atoms with Gasteiger partial charge in [0.25, 0.3) is 5.92 Å². The Morgan fingerprint density at radius 2 is 0.986 bits per heavy atom. The number of rotatable bonds is 10. The van der Waals surface area contributed by atoms with Crippen LogP contribution in [0.3, 0.4) is 0 Å². The highest BCUT2D eigenvalue weighted by Gasteiger charge is 2.38. The third kappa shape index (κ3) is 7.31. The van der Waals surface area contributed by atoms with E-state index in [9.17, 15) is 0 Å². The van der Waals surface area contributed by atoms with Crippen LogP contribution >= 0.6 is 0 Å². The summed E-state index contributed by atoms with van der Waals surface area (Å²) >= 11 is 0. The zero-order valence-corrected chi connectivity index (χ0v) is 38.8. The Bertz CT molecular complexity index is 3640. The number of fused-ring (bicyclic) bond motifs is 4. The lowest BCUT2D eigenvalue weighted by Gasteiger charge is -2.28. The number of nitrogens with zero attached hydrogens (tertiary/aromatic N) is 4. The van der Waals surface area contributed by atoms with Gasteiger partial charge in [-0.3, -0.25) is 4.57 Å². The molecule has 338 valence electrons. The third-order valence-electron chi connectivity index (χ3n) is 14.1. The average molecular weight is 911 g/mol. The first kappa shape index (κ1) is 42.7. The summed E-state index contributed by atoms with van der Waals surface area (Å²) in [4.78, 5) is 9.41. The van der Waals surface area contributed by atoms with Gasteiger partial charge in [-0.1, -0.05) is 196 Å². The van der Waals surface area contributed by atoms with Crippen LogP contribution < -0.4 is 9.80 Å². The molecule has 0 spiro atoms. The van der Waals surface area contributed by atoms with Gasteiger partial charge in [0.1, 0.15) is 12.5 Å². The van der Waals surface area contributed by atoms with Crippen molar-refractivity contribution in [3.63, 3.8) is 0 Å². The number of alkyl halides is 2. The lowest BCUT2D eigenvalue weighted by Crippen LogP contribution is -2.25. The van der Waals surface area contributed by atoms with Crippen molar-refractivity contribution in [2.75, 3.05) is 16.5 Å². The predicted octanol–water partition coefficient (Wildman–Crippen LogP) is 16.9. The molecule has 12 rings (SSSR count). The summed E-state index contributed by atoms with van der Waals surface area (Å²) in [6, 6.07) is 78.6. The van der Waals surface area contributed by atoms with Gasteiger partial charge in [-0.15, -0.1) is 0 Å². The SMILES string of the molecule is CC(C)(c1ccccc1)c1ccnc(-n2c3ccccc3c3ccc(C(F)(F)c4cc(-c5ccccc5)cc(N5CN(c6c(-c7ccccc7)cccc6-c6ccccc6)c6ccccc65)c4)cc32)c1. The molecular weight excluding hydrogens is 863 g/mol. The van der Waals surface area contributed by atoms with Crippen molar-refractivity contribution in [1.82, 2.24) is 9.55 Å². The van der Waals surface area contributed by atoms with Crippen molar-refractivity contribution in [2.24, 2.45) is 0 Å². The fourth-order valence-corrected chi connectivity index (χ4v) is 10.4. The normalized spacial score (nSPS) is 12.7. The van der Waals surface area contributed by atoms with Crippen molar-refractivity contribution in [1.29, 1.82) is 0 Å². The third-order valence-corrected chi connectivity index (χ3v) is 14.1. The van der Waals surface area contributed by atoms with Crippen molar-refractivity contribution in [2.45, 2.75) is 25.2 Å². The van der Waals surface area contributed by atoms with E-state index in [1.54, 1.807) is 24.3 Å². The molecule has 0 saturated heterocycles. The van der Waals surface area contributed by atoms with Crippen molar-refractivity contribution >= 4 is 44.6 Å². The molecule has 0 unspecified atom stereocenters. The number of aromatic nitrogens is 2. The minimum absolute atomic E-state index is 0.0961. The number of benzene rings is 9. The average Bonchev–Trinajstić information content (AvgIpc) is 3.97. The molecule has 0 N–H and O–H groups in total. The molecule has 0 amide bonds. The summed E-state index contributed by atoms with van der Waals surface area (Å²) < 4.78 is 38.1. The molecule has 0 radical (unpaired) electrons. The van der Waals surface area contributed by atoms with E-state index in [2.05, 4.69) is 139 Å². The Morgan fingerprint density at radius 3 is 1.66 bits per heavy atom. The molecule has 2 aromatic heterocycles. The zero-order chi connectivity index (χ0) is 47.4. The highest BCUT2D eigenvalue weighted by atomic mass is 19.3. The lowest BCUT2D eigenvalue weighted by molar-refractivity contribution is 0.0430. The molecule has 0 fully saturated rings. The topological polar surface area (TPSA) is 24.3 Å².